The predicted molar refractivity (Wildman–Crippen MR) is 79.1 cm³/mol. The van der Waals surface area contributed by atoms with Crippen molar-refractivity contribution in [2.24, 2.45) is 5.84 Å². The van der Waals surface area contributed by atoms with Gasteiger partial charge in [0, 0.05) is 11.8 Å². The molecule has 0 radical (unpaired) electrons. The Morgan fingerprint density at radius 2 is 1.72 bits per heavy atom. The molecule has 0 spiro atoms. The van der Waals surface area contributed by atoms with Gasteiger partial charge in [-0.15, -0.1) is 35.0 Å². The number of benzene rings is 1. The van der Waals surface area contributed by atoms with Crippen molar-refractivity contribution >= 4 is 53.6 Å². The van der Waals surface area contributed by atoms with Gasteiger partial charge in [-0.05, 0) is 12.1 Å². The number of aromatic nitrogens is 2. The molecule has 1 heterocycles. The number of hydrogen-bond donors (Lipinski definition) is 3. The van der Waals surface area contributed by atoms with E-state index in [2.05, 4.69) is 20.9 Å². The number of nitrogens with one attached hydrogen (secondary N) is 2. The molecule has 98 valence electrons. The molecule has 0 bridgehead atoms. The van der Waals surface area contributed by atoms with Gasteiger partial charge in [-0.3, -0.25) is 0 Å². The van der Waals surface area contributed by atoms with Crippen LogP contribution in [0.25, 0.3) is 0 Å². The molecule has 4 N–H and O–H groups in total. The zero-order chi connectivity index (χ0) is 11.4. The molecule has 0 amide bonds. The Kier molecular flexibility index (Phi) is 7.38. The van der Waals surface area contributed by atoms with E-state index in [4.69, 9.17) is 17.4 Å². The van der Waals surface area contributed by atoms with Crippen molar-refractivity contribution in [3.63, 3.8) is 0 Å². The fourth-order valence-corrected chi connectivity index (χ4v) is 1.39. The van der Waals surface area contributed by atoms with Crippen LogP contribution in [0.2, 0.25) is 5.15 Å². The third-order valence-electron chi connectivity index (χ3n) is 1.95. The number of para-hydroxylation sites is 1. The highest BCUT2D eigenvalue weighted by molar-refractivity contribution is 6.29. The number of anilines is 3. The molecule has 1 aromatic carbocycles. The lowest BCUT2D eigenvalue weighted by atomic mass is 10.3. The number of halogens is 3. The monoisotopic (exact) mass is 307 g/mol. The minimum atomic E-state index is 0. The highest BCUT2D eigenvalue weighted by atomic mass is 35.5. The maximum absolute atomic E-state index is 5.76. The average Bonchev–Trinajstić information content (AvgIpc) is 2.31. The van der Waals surface area contributed by atoms with Crippen LogP contribution in [-0.2, 0) is 0 Å². The third-order valence-corrected chi connectivity index (χ3v) is 2.14. The summed E-state index contributed by atoms with van der Waals surface area (Å²) in [5, 5.41) is 10.9. The van der Waals surface area contributed by atoms with E-state index in [9.17, 15) is 0 Å². The first-order chi connectivity index (χ1) is 7.79. The van der Waals surface area contributed by atoms with Gasteiger partial charge in [0.2, 0.25) is 0 Å². The first-order valence-corrected chi connectivity index (χ1v) is 4.99. The highest BCUT2D eigenvalue weighted by Crippen LogP contribution is 2.24. The van der Waals surface area contributed by atoms with Crippen LogP contribution >= 0.6 is 36.4 Å². The fourth-order valence-electron chi connectivity index (χ4n) is 1.25. The zero-order valence-corrected chi connectivity index (χ0v) is 11.5. The lowest BCUT2D eigenvalue weighted by Crippen LogP contribution is -2.11. The maximum atomic E-state index is 5.76. The van der Waals surface area contributed by atoms with Crippen molar-refractivity contribution in [2.75, 3.05) is 10.7 Å². The SMILES string of the molecule is Cl.Cl.NNc1nnc(Cl)cc1Nc1ccccc1. The van der Waals surface area contributed by atoms with Gasteiger partial charge >= 0.3 is 0 Å². The second-order valence-corrected chi connectivity index (χ2v) is 3.45. The molecule has 18 heavy (non-hydrogen) atoms. The van der Waals surface area contributed by atoms with Gasteiger partial charge in [0.05, 0.1) is 5.69 Å². The minimum absolute atomic E-state index is 0. The zero-order valence-electron chi connectivity index (χ0n) is 9.13. The second kappa shape index (κ2) is 7.94. The van der Waals surface area contributed by atoms with Crippen molar-refractivity contribution < 1.29 is 0 Å². The van der Waals surface area contributed by atoms with Gasteiger partial charge in [-0.2, -0.15) is 0 Å². The van der Waals surface area contributed by atoms with Gasteiger partial charge in [0.15, 0.2) is 11.0 Å². The molecule has 2 aromatic rings. The van der Waals surface area contributed by atoms with E-state index < -0.39 is 0 Å². The Morgan fingerprint density at radius 1 is 1.06 bits per heavy atom. The summed E-state index contributed by atoms with van der Waals surface area (Å²) in [4.78, 5) is 0. The fraction of sp³-hybridized carbons (Fsp3) is 0. The smallest absolute Gasteiger partial charge is 0.186 e. The number of nitrogens with two attached hydrogens (primary N) is 1. The van der Waals surface area contributed by atoms with E-state index in [0.717, 1.165) is 5.69 Å². The van der Waals surface area contributed by atoms with Gasteiger partial charge in [-0.25, -0.2) is 5.84 Å². The van der Waals surface area contributed by atoms with Gasteiger partial charge in [-0.1, -0.05) is 29.8 Å². The quantitative estimate of drug-likeness (QED) is 0.600. The molecular weight excluding hydrogens is 297 g/mol. The molecule has 5 nitrogen and oxygen atoms in total. The number of hydrazine groups is 1. The Balaban J connectivity index is 0.00000144. The van der Waals surface area contributed by atoms with Gasteiger partial charge < -0.3 is 10.7 Å². The summed E-state index contributed by atoms with van der Waals surface area (Å²) in [6, 6.07) is 11.3. The first-order valence-electron chi connectivity index (χ1n) is 4.61. The summed E-state index contributed by atoms with van der Waals surface area (Å²) in [6.07, 6.45) is 0. The summed E-state index contributed by atoms with van der Waals surface area (Å²) in [5.74, 6) is 5.76. The maximum Gasteiger partial charge on any atom is 0.186 e. The van der Waals surface area contributed by atoms with Crippen LogP contribution in [-0.4, -0.2) is 10.2 Å². The molecular formula is C10H12Cl3N5. The van der Waals surface area contributed by atoms with Crippen LogP contribution in [0, 0.1) is 0 Å². The lowest BCUT2D eigenvalue weighted by molar-refractivity contribution is 1.02. The Bertz CT molecular complexity index is 480. The van der Waals surface area contributed by atoms with Crippen molar-refractivity contribution in [3.8, 4) is 0 Å². The topological polar surface area (TPSA) is 75.9 Å². The first kappa shape index (κ1) is 16.7. The minimum Gasteiger partial charge on any atom is -0.352 e. The summed E-state index contributed by atoms with van der Waals surface area (Å²) in [6.45, 7) is 0. The van der Waals surface area contributed by atoms with E-state index in [1.807, 2.05) is 30.3 Å². The number of hydrogen-bond acceptors (Lipinski definition) is 5. The van der Waals surface area contributed by atoms with Crippen LogP contribution in [0.5, 0.6) is 0 Å². The second-order valence-electron chi connectivity index (χ2n) is 3.06. The number of rotatable bonds is 3. The molecule has 0 atom stereocenters. The Hall–Kier alpha value is -1.27. The van der Waals surface area contributed by atoms with E-state index in [1.54, 1.807) is 6.07 Å². The molecule has 8 heteroatoms. The van der Waals surface area contributed by atoms with Gasteiger partial charge in [0.1, 0.15) is 0 Å². The van der Waals surface area contributed by atoms with Crippen molar-refractivity contribution in [3.05, 3.63) is 41.6 Å². The molecule has 0 saturated heterocycles. The molecule has 0 unspecified atom stereocenters. The number of nitrogen functional groups attached to an aromatic ring is 1. The van der Waals surface area contributed by atoms with Crippen LogP contribution in [0.1, 0.15) is 0 Å². The van der Waals surface area contributed by atoms with Crippen molar-refractivity contribution in [1.82, 2.24) is 10.2 Å². The standard InChI is InChI=1S/C10H10ClN5.2ClH/c11-9-6-8(10(14-12)16-15-9)13-7-4-2-1-3-5-7;;/h1-6H,12H2,(H,13,15)(H,14,16);2*1H. The van der Waals surface area contributed by atoms with Crippen molar-refractivity contribution in [2.45, 2.75) is 0 Å². The van der Waals surface area contributed by atoms with Crippen LogP contribution in [0.4, 0.5) is 17.2 Å². The normalized spacial score (nSPS) is 8.78. The van der Waals surface area contributed by atoms with E-state index in [-0.39, 0.29) is 24.8 Å². The van der Waals surface area contributed by atoms with E-state index in [0.29, 0.717) is 16.7 Å². The summed E-state index contributed by atoms with van der Waals surface area (Å²) in [5.41, 5.74) is 4.04. The Morgan fingerprint density at radius 3 is 2.33 bits per heavy atom. The molecule has 0 aliphatic carbocycles. The third kappa shape index (κ3) is 4.19. The summed E-state index contributed by atoms with van der Waals surface area (Å²) in [7, 11) is 0. The molecule has 2 rings (SSSR count). The average molecular weight is 309 g/mol. The van der Waals surface area contributed by atoms with Gasteiger partial charge in [0.25, 0.3) is 0 Å². The Labute approximate surface area is 122 Å². The molecule has 0 aliphatic rings. The van der Waals surface area contributed by atoms with E-state index in [1.165, 1.54) is 0 Å². The lowest BCUT2D eigenvalue weighted by Gasteiger charge is -2.09. The van der Waals surface area contributed by atoms with Crippen LogP contribution < -0.4 is 16.6 Å². The molecule has 0 aliphatic heterocycles. The van der Waals surface area contributed by atoms with Crippen LogP contribution in [0.3, 0.4) is 0 Å². The van der Waals surface area contributed by atoms with Crippen molar-refractivity contribution in [1.29, 1.82) is 0 Å². The predicted octanol–water partition coefficient (Wildman–Crippen LogP) is 3.00. The largest absolute Gasteiger partial charge is 0.352 e. The van der Waals surface area contributed by atoms with Crippen LogP contribution in [0.15, 0.2) is 36.4 Å². The number of nitrogens with zero attached hydrogens (tertiary/aromatic N) is 2. The highest BCUT2D eigenvalue weighted by Gasteiger charge is 2.05. The summed E-state index contributed by atoms with van der Waals surface area (Å²) >= 11 is 5.76. The van der Waals surface area contributed by atoms with E-state index >= 15 is 0 Å². The molecule has 0 fully saturated rings. The molecule has 1 aromatic heterocycles. The summed E-state index contributed by atoms with van der Waals surface area (Å²) < 4.78 is 0. The molecule has 0 saturated carbocycles.